The largest absolute Gasteiger partial charge is 0.360 e. The summed E-state index contributed by atoms with van der Waals surface area (Å²) in [7, 11) is -3.68. The number of sulfonamides is 1. The molecular formula is C15H25ClN4O4S. The Labute approximate surface area is 154 Å². The third-order valence-corrected chi connectivity index (χ3v) is 6.86. The first-order valence-corrected chi connectivity index (χ1v) is 9.75. The number of carbonyl (C=O) groups excluding carboxylic acids is 1. The number of nitrogens with one attached hydrogen (secondary N) is 2. The number of amides is 1. The summed E-state index contributed by atoms with van der Waals surface area (Å²) in [6.45, 7) is 6.34. The van der Waals surface area contributed by atoms with Crippen molar-refractivity contribution in [3.8, 4) is 0 Å². The minimum Gasteiger partial charge on any atom is -0.360 e. The van der Waals surface area contributed by atoms with Gasteiger partial charge in [-0.25, -0.2) is 8.42 Å². The van der Waals surface area contributed by atoms with Gasteiger partial charge in [0.1, 0.15) is 10.6 Å². The number of rotatable bonds is 5. The molecule has 2 aliphatic heterocycles. The van der Waals surface area contributed by atoms with Crippen LogP contribution in [0.5, 0.6) is 0 Å². The molecule has 2 aliphatic rings. The normalized spacial score (nSPS) is 22.1. The van der Waals surface area contributed by atoms with Crippen molar-refractivity contribution in [1.29, 1.82) is 0 Å². The minimum atomic E-state index is -3.68. The van der Waals surface area contributed by atoms with E-state index in [0.717, 1.165) is 13.1 Å². The number of piperidine rings is 1. The number of halogens is 1. The topological polar surface area (TPSA) is 105 Å². The molecule has 3 heterocycles. The van der Waals surface area contributed by atoms with Crippen LogP contribution < -0.4 is 10.6 Å². The third kappa shape index (κ3) is 4.16. The highest BCUT2D eigenvalue weighted by Crippen LogP contribution is 2.27. The Morgan fingerprint density at radius 1 is 1.40 bits per heavy atom. The molecule has 1 unspecified atom stereocenters. The van der Waals surface area contributed by atoms with Crippen molar-refractivity contribution >= 4 is 28.3 Å². The summed E-state index contributed by atoms with van der Waals surface area (Å²) in [5.41, 5.74) is 0.358. The van der Waals surface area contributed by atoms with Gasteiger partial charge in [0, 0.05) is 38.6 Å². The van der Waals surface area contributed by atoms with Crippen LogP contribution in [0.15, 0.2) is 9.42 Å². The van der Waals surface area contributed by atoms with Gasteiger partial charge in [0.15, 0.2) is 5.76 Å². The van der Waals surface area contributed by atoms with Crippen LogP contribution in [0.4, 0.5) is 0 Å². The maximum absolute atomic E-state index is 12.9. The van der Waals surface area contributed by atoms with Gasteiger partial charge in [-0.2, -0.15) is 4.31 Å². The Kier molecular flexibility index (Phi) is 6.47. The summed E-state index contributed by atoms with van der Waals surface area (Å²) in [5, 5.41) is 9.85. The van der Waals surface area contributed by atoms with E-state index < -0.39 is 10.0 Å². The van der Waals surface area contributed by atoms with Crippen LogP contribution in [0.25, 0.3) is 0 Å². The van der Waals surface area contributed by atoms with E-state index in [1.54, 1.807) is 13.8 Å². The Bertz CT molecular complexity index is 698. The molecule has 0 radical (unpaired) electrons. The van der Waals surface area contributed by atoms with E-state index in [9.17, 15) is 13.2 Å². The molecule has 0 spiro atoms. The molecule has 0 bridgehead atoms. The summed E-state index contributed by atoms with van der Waals surface area (Å²) in [6.07, 6.45) is 1.38. The van der Waals surface area contributed by atoms with Gasteiger partial charge in [0.05, 0.1) is 5.92 Å². The molecular weight excluding hydrogens is 368 g/mol. The number of hydrogen-bond acceptors (Lipinski definition) is 6. The Morgan fingerprint density at radius 3 is 2.68 bits per heavy atom. The molecule has 2 N–H and O–H groups in total. The zero-order valence-corrected chi connectivity index (χ0v) is 16.1. The van der Waals surface area contributed by atoms with E-state index in [1.165, 1.54) is 4.31 Å². The van der Waals surface area contributed by atoms with E-state index in [2.05, 4.69) is 15.8 Å². The van der Waals surface area contributed by atoms with Crippen molar-refractivity contribution in [3.05, 3.63) is 11.5 Å². The monoisotopic (exact) mass is 392 g/mol. The summed E-state index contributed by atoms with van der Waals surface area (Å²) in [4.78, 5) is 12.5. The van der Waals surface area contributed by atoms with Crippen LogP contribution >= 0.6 is 12.4 Å². The molecule has 2 fully saturated rings. The Balaban J connectivity index is 0.00000225. The summed E-state index contributed by atoms with van der Waals surface area (Å²) in [5.74, 6) is 0.416. The van der Waals surface area contributed by atoms with Gasteiger partial charge < -0.3 is 15.2 Å². The first-order chi connectivity index (χ1) is 11.4. The minimum absolute atomic E-state index is 0. The zero-order valence-electron chi connectivity index (χ0n) is 14.4. The van der Waals surface area contributed by atoms with Crippen molar-refractivity contribution in [2.24, 2.45) is 11.8 Å². The van der Waals surface area contributed by atoms with Gasteiger partial charge in [0.2, 0.25) is 15.9 Å². The fraction of sp³-hybridized carbons (Fsp3) is 0.733. The maximum atomic E-state index is 12.9. The lowest BCUT2D eigenvalue weighted by Crippen LogP contribution is -2.50. The van der Waals surface area contributed by atoms with E-state index >= 15 is 0 Å². The number of nitrogens with zero attached hydrogens (tertiary/aromatic N) is 2. The van der Waals surface area contributed by atoms with Gasteiger partial charge in [-0.3, -0.25) is 4.79 Å². The van der Waals surface area contributed by atoms with E-state index in [0.29, 0.717) is 37.5 Å². The average Bonchev–Trinajstić information content (AvgIpc) is 2.85. The Morgan fingerprint density at radius 2 is 2.12 bits per heavy atom. The fourth-order valence-electron chi connectivity index (χ4n) is 3.23. The van der Waals surface area contributed by atoms with Crippen LogP contribution in [-0.2, 0) is 14.8 Å². The molecule has 142 valence electrons. The standard InChI is InChI=1S/C15H24N4O4S.ClH/c1-10-14(11(2)23-18-10)24(21,22)19-5-3-4-13(9-19)15(20)17-8-12-6-16-7-12;/h12-13,16H,3-9H2,1-2H3,(H,17,20);1H. The van der Waals surface area contributed by atoms with Crippen molar-refractivity contribution < 1.29 is 17.7 Å². The number of hydrogen-bond donors (Lipinski definition) is 2. The third-order valence-electron chi connectivity index (χ3n) is 4.75. The predicted octanol–water partition coefficient (Wildman–Crippen LogP) is 0.450. The van der Waals surface area contributed by atoms with Gasteiger partial charge in [0.25, 0.3) is 0 Å². The SMILES string of the molecule is Cc1noc(C)c1S(=O)(=O)N1CCCC(C(=O)NCC2CNC2)C1.Cl. The molecule has 1 amide bonds. The van der Waals surface area contributed by atoms with Crippen LogP contribution in [0, 0.1) is 25.7 Å². The predicted molar refractivity (Wildman–Crippen MR) is 94.1 cm³/mol. The number of carbonyl (C=O) groups is 1. The number of aromatic nitrogens is 1. The van der Waals surface area contributed by atoms with Gasteiger partial charge in [-0.1, -0.05) is 5.16 Å². The average molecular weight is 393 g/mol. The van der Waals surface area contributed by atoms with Crippen molar-refractivity contribution in [1.82, 2.24) is 20.1 Å². The zero-order chi connectivity index (χ0) is 17.3. The fourth-order valence-corrected chi connectivity index (χ4v) is 5.04. The van der Waals surface area contributed by atoms with E-state index in [4.69, 9.17) is 4.52 Å². The molecule has 8 nitrogen and oxygen atoms in total. The highest BCUT2D eigenvalue weighted by Gasteiger charge is 2.36. The smallest absolute Gasteiger partial charge is 0.248 e. The van der Waals surface area contributed by atoms with Gasteiger partial charge >= 0.3 is 0 Å². The lowest BCUT2D eigenvalue weighted by molar-refractivity contribution is -0.126. The second-order valence-corrected chi connectivity index (χ2v) is 8.50. The van der Waals surface area contributed by atoms with Crippen LogP contribution in [0.2, 0.25) is 0 Å². The second kappa shape index (κ2) is 8.03. The summed E-state index contributed by atoms with van der Waals surface area (Å²) < 4.78 is 32.1. The van der Waals surface area contributed by atoms with Crippen LogP contribution in [0.1, 0.15) is 24.3 Å². The summed E-state index contributed by atoms with van der Waals surface area (Å²) >= 11 is 0. The van der Waals surface area contributed by atoms with E-state index in [-0.39, 0.29) is 41.4 Å². The van der Waals surface area contributed by atoms with E-state index in [1.807, 2.05) is 0 Å². The molecule has 1 atom stereocenters. The van der Waals surface area contributed by atoms with Crippen molar-refractivity contribution in [3.63, 3.8) is 0 Å². The molecule has 25 heavy (non-hydrogen) atoms. The maximum Gasteiger partial charge on any atom is 0.248 e. The lowest BCUT2D eigenvalue weighted by Gasteiger charge is -2.32. The molecule has 0 saturated carbocycles. The molecule has 1 aromatic heterocycles. The van der Waals surface area contributed by atoms with Gasteiger partial charge in [-0.15, -0.1) is 12.4 Å². The molecule has 3 rings (SSSR count). The van der Waals surface area contributed by atoms with Gasteiger partial charge in [-0.05, 0) is 26.7 Å². The first kappa shape index (κ1) is 20.2. The van der Waals surface area contributed by atoms with Crippen molar-refractivity contribution in [2.45, 2.75) is 31.6 Å². The summed E-state index contributed by atoms with van der Waals surface area (Å²) in [6, 6.07) is 0. The number of aryl methyl sites for hydroxylation is 2. The molecule has 1 aromatic rings. The second-order valence-electron chi connectivity index (χ2n) is 6.62. The highest BCUT2D eigenvalue weighted by molar-refractivity contribution is 7.89. The van der Waals surface area contributed by atoms with Crippen LogP contribution in [-0.4, -0.2) is 56.5 Å². The lowest BCUT2D eigenvalue weighted by atomic mass is 9.98. The molecule has 0 aromatic carbocycles. The van der Waals surface area contributed by atoms with Crippen LogP contribution in [0.3, 0.4) is 0 Å². The molecule has 0 aliphatic carbocycles. The quantitative estimate of drug-likeness (QED) is 0.753. The molecule has 2 saturated heterocycles. The Hall–Kier alpha value is -1.16. The first-order valence-electron chi connectivity index (χ1n) is 8.31. The highest BCUT2D eigenvalue weighted by atomic mass is 35.5. The van der Waals surface area contributed by atoms with Crippen molar-refractivity contribution in [2.75, 3.05) is 32.7 Å². The molecule has 10 heteroatoms.